The summed E-state index contributed by atoms with van der Waals surface area (Å²) >= 11 is 1.25. The largest absolute Gasteiger partial charge is 0.476 e. The van der Waals surface area contributed by atoms with Crippen LogP contribution in [-0.4, -0.2) is 16.1 Å². The zero-order valence-electron chi connectivity index (χ0n) is 6.20. The van der Waals surface area contributed by atoms with Gasteiger partial charge in [-0.05, 0) is 6.42 Å². The van der Waals surface area contributed by atoms with Crippen molar-refractivity contribution < 1.29 is 9.90 Å². The van der Waals surface area contributed by atoms with Crippen LogP contribution in [0.2, 0.25) is 0 Å². The summed E-state index contributed by atoms with van der Waals surface area (Å²) in [5, 5.41) is 8.70. The van der Waals surface area contributed by atoms with Gasteiger partial charge in [-0.25, -0.2) is 9.78 Å². The highest BCUT2D eigenvalue weighted by atomic mass is 32.1. The van der Waals surface area contributed by atoms with E-state index in [9.17, 15) is 4.79 Å². The van der Waals surface area contributed by atoms with E-state index >= 15 is 0 Å². The number of thiazole rings is 1. The van der Waals surface area contributed by atoms with Crippen molar-refractivity contribution in [1.29, 1.82) is 0 Å². The molecule has 1 heterocycles. The van der Waals surface area contributed by atoms with E-state index in [2.05, 4.69) is 11.9 Å². The maximum atomic E-state index is 10.4. The quantitative estimate of drug-likeness (QED) is 0.754. The van der Waals surface area contributed by atoms with Gasteiger partial charge in [0.05, 0.1) is 0 Å². The lowest BCUT2D eigenvalue weighted by molar-refractivity contribution is 0.0696. The Bertz CT molecular complexity index is 257. The minimum Gasteiger partial charge on any atom is -0.476 e. The molecule has 0 saturated carbocycles. The van der Waals surface area contributed by atoms with E-state index in [-0.39, 0.29) is 5.01 Å². The Labute approximate surface area is 68.7 Å². The van der Waals surface area contributed by atoms with Crippen molar-refractivity contribution in [3.05, 3.63) is 16.1 Å². The summed E-state index contributed by atoms with van der Waals surface area (Å²) < 4.78 is 0. The number of rotatable bonds is 3. The van der Waals surface area contributed by atoms with Crippen LogP contribution in [0.5, 0.6) is 0 Å². The molecular weight excluding hydrogens is 162 g/mol. The van der Waals surface area contributed by atoms with Gasteiger partial charge in [-0.3, -0.25) is 0 Å². The van der Waals surface area contributed by atoms with Gasteiger partial charge in [-0.1, -0.05) is 13.3 Å². The van der Waals surface area contributed by atoms with Gasteiger partial charge in [0, 0.05) is 11.1 Å². The summed E-state index contributed by atoms with van der Waals surface area (Å²) in [7, 11) is 0. The van der Waals surface area contributed by atoms with Gasteiger partial charge in [-0.2, -0.15) is 0 Å². The van der Waals surface area contributed by atoms with E-state index in [4.69, 9.17) is 5.11 Å². The summed E-state index contributed by atoms with van der Waals surface area (Å²) in [5.74, 6) is -0.933. The summed E-state index contributed by atoms with van der Waals surface area (Å²) in [5.41, 5.74) is 0. The van der Waals surface area contributed by atoms with Crippen molar-refractivity contribution in [2.24, 2.45) is 0 Å². The highest BCUT2D eigenvalue weighted by molar-refractivity contribution is 7.13. The molecule has 0 amide bonds. The third-order valence-corrected chi connectivity index (χ3v) is 2.28. The van der Waals surface area contributed by atoms with Crippen LogP contribution in [0.3, 0.4) is 0 Å². The molecule has 4 heteroatoms. The Balaban J connectivity index is 2.73. The number of carbonyl (C=O) groups is 1. The van der Waals surface area contributed by atoms with E-state index in [1.807, 2.05) is 0 Å². The van der Waals surface area contributed by atoms with E-state index < -0.39 is 5.97 Å². The third-order valence-electron chi connectivity index (χ3n) is 1.23. The fraction of sp³-hybridized carbons (Fsp3) is 0.429. The number of nitrogens with zero attached hydrogens (tertiary/aromatic N) is 1. The molecule has 1 aromatic heterocycles. The predicted octanol–water partition coefficient (Wildman–Crippen LogP) is 1.79. The number of hydrogen-bond acceptors (Lipinski definition) is 3. The molecule has 0 aliphatic heterocycles. The average molecular weight is 171 g/mol. The molecule has 0 aromatic carbocycles. The molecule has 1 rings (SSSR count). The predicted molar refractivity (Wildman–Crippen MR) is 43.1 cm³/mol. The maximum absolute atomic E-state index is 10.4. The fourth-order valence-electron chi connectivity index (χ4n) is 0.768. The molecule has 0 atom stereocenters. The van der Waals surface area contributed by atoms with Gasteiger partial charge in [0.15, 0.2) is 0 Å². The molecule has 0 radical (unpaired) electrons. The highest BCUT2D eigenvalue weighted by Gasteiger charge is 2.07. The summed E-state index contributed by atoms with van der Waals surface area (Å²) in [6.07, 6.45) is 3.59. The van der Waals surface area contributed by atoms with E-state index in [0.717, 1.165) is 17.7 Å². The van der Waals surface area contributed by atoms with Crippen molar-refractivity contribution in [3.63, 3.8) is 0 Å². The molecule has 60 valence electrons. The molecule has 1 N–H and O–H groups in total. The first-order valence-corrected chi connectivity index (χ1v) is 4.23. The Kier molecular flexibility index (Phi) is 2.59. The molecule has 0 fully saturated rings. The Hall–Kier alpha value is -0.900. The first kappa shape index (κ1) is 8.20. The van der Waals surface area contributed by atoms with Crippen LogP contribution in [0.15, 0.2) is 6.20 Å². The number of carboxylic acids is 1. The van der Waals surface area contributed by atoms with E-state index in [0.29, 0.717) is 0 Å². The molecule has 3 nitrogen and oxygen atoms in total. The van der Waals surface area contributed by atoms with Crippen LogP contribution >= 0.6 is 11.3 Å². The fourth-order valence-corrected chi connectivity index (χ4v) is 1.62. The summed E-state index contributed by atoms with van der Waals surface area (Å²) in [6, 6.07) is 0. The molecule has 11 heavy (non-hydrogen) atoms. The maximum Gasteiger partial charge on any atom is 0.365 e. The Morgan fingerprint density at radius 3 is 3.00 bits per heavy atom. The molecule has 0 spiro atoms. The van der Waals surface area contributed by atoms with Gasteiger partial charge in [0.2, 0.25) is 5.01 Å². The van der Waals surface area contributed by atoms with Gasteiger partial charge < -0.3 is 5.11 Å². The number of aromatic nitrogens is 1. The highest BCUT2D eigenvalue weighted by Crippen LogP contribution is 2.14. The minimum atomic E-state index is -0.933. The molecule has 0 aliphatic rings. The monoisotopic (exact) mass is 171 g/mol. The van der Waals surface area contributed by atoms with Crippen molar-refractivity contribution in [1.82, 2.24) is 4.98 Å². The Morgan fingerprint density at radius 1 is 1.82 bits per heavy atom. The van der Waals surface area contributed by atoms with Crippen molar-refractivity contribution in [3.8, 4) is 0 Å². The first-order valence-electron chi connectivity index (χ1n) is 3.42. The van der Waals surface area contributed by atoms with Crippen LogP contribution in [0.1, 0.15) is 28.0 Å². The smallest absolute Gasteiger partial charge is 0.365 e. The average Bonchev–Trinajstić information content (AvgIpc) is 2.37. The van der Waals surface area contributed by atoms with Crippen molar-refractivity contribution in [2.45, 2.75) is 19.8 Å². The van der Waals surface area contributed by atoms with Crippen LogP contribution in [0.4, 0.5) is 0 Å². The van der Waals surface area contributed by atoms with Crippen LogP contribution in [0, 0.1) is 0 Å². The normalized spacial score (nSPS) is 9.91. The Morgan fingerprint density at radius 2 is 2.55 bits per heavy atom. The second kappa shape index (κ2) is 3.48. The summed E-state index contributed by atoms with van der Waals surface area (Å²) in [4.78, 5) is 15.2. The van der Waals surface area contributed by atoms with E-state index in [1.165, 1.54) is 11.3 Å². The number of aryl methyl sites for hydroxylation is 1. The van der Waals surface area contributed by atoms with Crippen LogP contribution < -0.4 is 0 Å². The second-order valence-corrected chi connectivity index (χ2v) is 3.30. The van der Waals surface area contributed by atoms with Crippen LogP contribution in [-0.2, 0) is 6.42 Å². The molecule has 0 unspecified atom stereocenters. The third kappa shape index (κ3) is 2.01. The zero-order valence-corrected chi connectivity index (χ0v) is 7.02. The van der Waals surface area contributed by atoms with Gasteiger partial charge in [0.1, 0.15) is 0 Å². The van der Waals surface area contributed by atoms with Gasteiger partial charge in [-0.15, -0.1) is 11.3 Å². The van der Waals surface area contributed by atoms with Crippen molar-refractivity contribution >= 4 is 17.3 Å². The zero-order chi connectivity index (χ0) is 8.27. The minimum absolute atomic E-state index is 0.188. The van der Waals surface area contributed by atoms with Crippen LogP contribution in [0.25, 0.3) is 0 Å². The molecule has 1 aromatic rings. The number of aromatic carboxylic acids is 1. The van der Waals surface area contributed by atoms with E-state index in [1.54, 1.807) is 6.20 Å². The lowest BCUT2D eigenvalue weighted by Gasteiger charge is -1.85. The molecule has 0 bridgehead atoms. The lowest BCUT2D eigenvalue weighted by Crippen LogP contribution is -1.92. The molecule has 0 saturated heterocycles. The number of carboxylic acid groups (broad SMARTS) is 1. The summed E-state index contributed by atoms with van der Waals surface area (Å²) in [6.45, 7) is 2.06. The van der Waals surface area contributed by atoms with Gasteiger partial charge in [0.25, 0.3) is 0 Å². The standard InChI is InChI=1S/C7H9NO2S/c1-2-3-5-4-8-6(11-5)7(9)10/h4H,2-3H2,1H3,(H,9,10). The number of hydrogen-bond donors (Lipinski definition) is 1. The SMILES string of the molecule is CCCc1cnc(C(=O)O)s1. The first-order chi connectivity index (χ1) is 5.24. The second-order valence-electron chi connectivity index (χ2n) is 2.19. The molecule has 0 aliphatic carbocycles. The van der Waals surface area contributed by atoms with Crippen molar-refractivity contribution in [2.75, 3.05) is 0 Å². The topological polar surface area (TPSA) is 50.2 Å². The lowest BCUT2D eigenvalue weighted by atomic mass is 10.3. The molecular formula is C7H9NO2S. The van der Waals surface area contributed by atoms with Gasteiger partial charge >= 0.3 is 5.97 Å².